The van der Waals surface area contributed by atoms with E-state index in [1.54, 1.807) is 33.6 Å². The van der Waals surface area contributed by atoms with Crippen molar-refractivity contribution < 1.29 is 24.7 Å². The Morgan fingerprint density at radius 3 is 2.10 bits per heavy atom. The second-order valence-corrected chi connectivity index (χ2v) is 9.39. The largest absolute Gasteiger partial charge is 0.147 e. The van der Waals surface area contributed by atoms with E-state index in [-0.39, 0.29) is 50.6 Å². The average molecular weight is 444 g/mol. The second-order valence-electron chi connectivity index (χ2n) is 5.43. The maximum atomic E-state index is 2.43. The fourth-order valence-electron chi connectivity index (χ4n) is 2.79. The Morgan fingerprint density at radius 2 is 1.67 bits per heavy atom. The molecule has 0 radical (unpaired) electrons. The minimum atomic E-state index is 0. The van der Waals surface area contributed by atoms with E-state index in [1.807, 2.05) is 0 Å². The Bertz CT molecular complexity index is 486. The molecule has 1 unspecified atom stereocenters. The van der Waals surface area contributed by atoms with Gasteiger partial charge in [-0.3, -0.25) is 0 Å². The van der Waals surface area contributed by atoms with E-state index in [1.165, 1.54) is 18.1 Å². The van der Waals surface area contributed by atoms with Crippen LogP contribution in [0.25, 0.3) is 0 Å². The Balaban J connectivity index is 0. The minimum Gasteiger partial charge on any atom is -0.147 e. The molecular formula is C16H23Cl3PZr. The summed E-state index contributed by atoms with van der Waals surface area (Å²) >= 11 is 1.58. The molecule has 2 rings (SSSR count). The Morgan fingerprint density at radius 1 is 1.10 bits per heavy atom. The zero-order chi connectivity index (χ0) is 13.2. The summed E-state index contributed by atoms with van der Waals surface area (Å²) < 4.78 is 1.63. The van der Waals surface area contributed by atoms with Crippen LogP contribution < -0.4 is 0 Å². The zero-order valence-corrected chi connectivity index (χ0v) is 18.4. The molecular weight excluding hydrogens is 421 g/mol. The van der Waals surface area contributed by atoms with Crippen LogP contribution in [-0.4, -0.2) is 19.5 Å². The SMILES string of the molecule is CP(C)CC(C)(C1=[C]([Zr])CC=C1)c1ccccc1.Cl.Cl.Cl. The van der Waals surface area contributed by atoms with Gasteiger partial charge in [0.05, 0.1) is 0 Å². The summed E-state index contributed by atoms with van der Waals surface area (Å²) in [5.74, 6) is 0. The van der Waals surface area contributed by atoms with Gasteiger partial charge in [0.25, 0.3) is 0 Å². The van der Waals surface area contributed by atoms with Gasteiger partial charge >= 0.3 is 128 Å². The van der Waals surface area contributed by atoms with Crippen molar-refractivity contribution in [2.45, 2.75) is 18.8 Å². The first-order valence-corrected chi connectivity index (χ1v) is 10.0. The third-order valence-corrected chi connectivity index (χ3v) is 6.00. The summed E-state index contributed by atoms with van der Waals surface area (Å²) in [6.45, 7) is 7.21. The van der Waals surface area contributed by atoms with Crippen molar-refractivity contribution in [3.63, 3.8) is 0 Å². The van der Waals surface area contributed by atoms with Crippen LogP contribution in [0, 0.1) is 0 Å². The van der Waals surface area contributed by atoms with Gasteiger partial charge in [-0.15, -0.1) is 37.2 Å². The maximum absolute atomic E-state index is 2.43. The summed E-state index contributed by atoms with van der Waals surface area (Å²) in [7, 11) is 0.0947. The van der Waals surface area contributed by atoms with Crippen LogP contribution in [0.3, 0.4) is 0 Å². The van der Waals surface area contributed by atoms with Gasteiger partial charge < -0.3 is 0 Å². The van der Waals surface area contributed by atoms with Gasteiger partial charge in [0.1, 0.15) is 0 Å². The van der Waals surface area contributed by atoms with E-state index in [0.29, 0.717) is 0 Å². The monoisotopic (exact) mass is 441 g/mol. The van der Waals surface area contributed by atoms with Crippen LogP contribution in [0.4, 0.5) is 0 Å². The number of hydrogen-bond donors (Lipinski definition) is 0. The van der Waals surface area contributed by atoms with E-state index in [2.05, 4.69) is 62.7 Å². The third-order valence-electron chi connectivity index (χ3n) is 3.57. The summed E-state index contributed by atoms with van der Waals surface area (Å²) in [5.41, 5.74) is 3.27. The molecule has 5 heteroatoms. The number of allylic oxidation sites excluding steroid dienone is 4. The molecule has 1 aliphatic carbocycles. The van der Waals surface area contributed by atoms with Crippen molar-refractivity contribution in [2.75, 3.05) is 19.5 Å². The van der Waals surface area contributed by atoms with Crippen LogP contribution in [0.1, 0.15) is 18.9 Å². The minimum absolute atomic E-state index is 0. The Labute approximate surface area is 164 Å². The predicted molar refractivity (Wildman–Crippen MR) is 100.0 cm³/mol. The number of hydrogen-bond acceptors (Lipinski definition) is 0. The summed E-state index contributed by atoms with van der Waals surface area (Å²) in [6, 6.07) is 11.0. The van der Waals surface area contributed by atoms with Crippen LogP contribution in [0.5, 0.6) is 0 Å². The molecule has 1 aromatic rings. The molecule has 1 aliphatic rings. The summed E-state index contributed by atoms with van der Waals surface area (Å²) in [6.07, 6.45) is 7.15. The van der Waals surface area contributed by atoms with Crippen LogP contribution in [-0.2, 0) is 30.1 Å². The molecule has 0 nitrogen and oxygen atoms in total. The van der Waals surface area contributed by atoms with Gasteiger partial charge in [-0.05, 0) is 0 Å². The van der Waals surface area contributed by atoms with Crippen molar-refractivity contribution in [2.24, 2.45) is 0 Å². The van der Waals surface area contributed by atoms with Crippen molar-refractivity contribution in [1.29, 1.82) is 0 Å². The fourth-order valence-corrected chi connectivity index (χ4v) is 5.58. The van der Waals surface area contributed by atoms with E-state index >= 15 is 0 Å². The Hall–Kier alpha value is 0.883. The molecule has 0 heterocycles. The van der Waals surface area contributed by atoms with Gasteiger partial charge in [0, 0.05) is 0 Å². The molecule has 21 heavy (non-hydrogen) atoms. The molecule has 0 aromatic heterocycles. The molecule has 117 valence electrons. The first-order valence-electron chi connectivity index (χ1n) is 6.36. The van der Waals surface area contributed by atoms with E-state index < -0.39 is 0 Å². The normalized spacial score (nSPS) is 15.8. The molecule has 1 aromatic carbocycles. The smallest absolute Gasteiger partial charge is 0.147 e. The van der Waals surface area contributed by atoms with E-state index in [0.717, 1.165) is 0 Å². The van der Waals surface area contributed by atoms with Crippen molar-refractivity contribution in [3.8, 4) is 0 Å². The molecule has 0 bridgehead atoms. The molecule has 1 atom stereocenters. The molecule has 0 aliphatic heterocycles. The van der Waals surface area contributed by atoms with Gasteiger partial charge in [0.2, 0.25) is 0 Å². The van der Waals surface area contributed by atoms with Gasteiger partial charge in [0.15, 0.2) is 0 Å². The quantitative estimate of drug-likeness (QED) is 0.523. The predicted octanol–water partition coefficient (Wildman–Crippen LogP) is 5.71. The zero-order valence-electron chi connectivity index (χ0n) is 12.6. The Kier molecular flexibility index (Phi) is 12.2. The maximum Gasteiger partial charge on any atom is -0.147 e. The third kappa shape index (κ3) is 5.78. The topological polar surface area (TPSA) is 0 Å². The average Bonchev–Trinajstić information content (AvgIpc) is 2.76. The summed E-state index contributed by atoms with van der Waals surface area (Å²) in [4.78, 5) is 0. The molecule has 0 amide bonds. The second kappa shape index (κ2) is 10.6. The number of halogens is 3. The molecule has 0 spiro atoms. The van der Waals surface area contributed by atoms with Crippen LogP contribution in [0.2, 0.25) is 0 Å². The van der Waals surface area contributed by atoms with Crippen molar-refractivity contribution in [1.82, 2.24) is 0 Å². The van der Waals surface area contributed by atoms with Crippen LogP contribution >= 0.6 is 45.1 Å². The summed E-state index contributed by atoms with van der Waals surface area (Å²) in [5, 5.41) is 0. The number of rotatable bonds is 4. The van der Waals surface area contributed by atoms with Gasteiger partial charge in [-0.2, -0.15) is 0 Å². The first kappa shape index (κ1) is 24.1. The van der Waals surface area contributed by atoms with E-state index in [9.17, 15) is 0 Å². The van der Waals surface area contributed by atoms with Crippen LogP contribution in [0.15, 0.2) is 51.3 Å². The van der Waals surface area contributed by atoms with Gasteiger partial charge in [-0.1, -0.05) is 0 Å². The fraction of sp³-hybridized carbons (Fsp3) is 0.375. The molecule has 0 saturated carbocycles. The van der Waals surface area contributed by atoms with Crippen molar-refractivity contribution >= 4 is 45.1 Å². The standard InChI is InChI=1S/C16H20P.3ClH.Zr/c1-16(13-17(2)3,15-11-7-8-12-15)14-9-5-4-6-10-14;;;;/h4-7,9-11H,8,13H2,1-3H3;3*1H;. The van der Waals surface area contributed by atoms with Gasteiger partial charge in [-0.25, -0.2) is 0 Å². The molecule has 0 N–H and O–H groups in total. The first-order chi connectivity index (χ1) is 8.54. The molecule has 0 fully saturated rings. The van der Waals surface area contributed by atoms with Crippen molar-refractivity contribution in [3.05, 3.63) is 56.9 Å². The molecule has 0 saturated heterocycles. The van der Waals surface area contributed by atoms with E-state index in [4.69, 9.17) is 0 Å². The number of benzene rings is 1.